The zero-order valence-corrected chi connectivity index (χ0v) is 13.5. The molecule has 23 heavy (non-hydrogen) atoms. The van der Waals surface area contributed by atoms with Gasteiger partial charge in [0.25, 0.3) is 5.91 Å². The molecule has 1 aromatic heterocycles. The number of carboxylic acid groups (broad SMARTS) is 1. The molecule has 1 amide bonds. The van der Waals surface area contributed by atoms with E-state index in [0.29, 0.717) is 12.2 Å². The van der Waals surface area contributed by atoms with Gasteiger partial charge >= 0.3 is 5.97 Å². The topological polar surface area (TPSA) is 84.2 Å². The first-order chi connectivity index (χ1) is 10.9. The SMILES string of the molecule is CCn1nc(C)cc1C(=O)N[C@@H](CC(=O)O)c1ccccc1C. The van der Waals surface area contributed by atoms with Crippen molar-refractivity contribution in [2.24, 2.45) is 0 Å². The number of aromatic nitrogens is 2. The predicted octanol–water partition coefficient (Wildman–Crippen LogP) is 2.47. The molecule has 0 aliphatic carbocycles. The van der Waals surface area contributed by atoms with Crippen molar-refractivity contribution in [3.63, 3.8) is 0 Å². The minimum Gasteiger partial charge on any atom is -0.481 e. The molecule has 0 aliphatic heterocycles. The molecule has 1 heterocycles. The van der Waals surface area contributed by atoms with Gasteiger partial charge in [0.1, 0.15) is 5.69 Å². The highest BCUT2D eigenvalue weighted by atomic mass is 16.4. The summed E-state index contributed by atoms with van der Waals surface area (Å²) in [7, 11) is 0. The van der Waals surface area contributed by atoms with E-state index in [1.54, 1.807) is 10.7 Å². The number of amides is 1. The fraction of sp³-hybridized carbons (Fsp3) is 0.353. The van der Waals surface area contributed by atoms with Crippen LogP contribution < -0.4 is 5.32 Å². The van der Waals surface area contributed by atoms with Gasteiger partial charge in [-0.25, -0.2) is 0 Å². The van der Waals surface area contributed by atoms with Gasteiger partial charge in [-0.2, -0.15) is 5.10 Å². The molecule has 2 aromatic rings. The van der Waals surface area contributed by atoms with E-state index in [-0.39, 0.29) is 12.3 Å². The van der Waals surface area contributed by atoms with E-state index < -0.39 is 12.0 Å². The van der Waals surface area contributed by atoms with Crippen LogP contribution in [0.2, 0.25) is 0 Å². The van der Waals surface area contributed by atoms with Gasteiger partial charge in [0.2, 0.25) is 0 Å². The maximum atomic E-state index is 12.5. The number of nitrogens with one attached hydrogen (secondary N) is 1. The van der Waals surface area contributed by atoms with Crippen LogP contribution in [0.15, 0.2) is 30.3 Å². The van der Waals surface area contributed by atoms with Crippen LogP contribution >= 0.6 is 0 Å². The highest BCUT2D eigenvalue weighted by molar-refractivity contribution is 5.93. The summed E-state index contributed by atoms with van der Waals surface area (Å²) in [4.78, 5) is 23.7. The van der Waals surface area contributed by atoms with Gasteiger partial charge < -0.3 is 10.4 Å². The normalized spacial score (nSPS) is 12.0. The van der Waals surface area contributed by atoms with Crippen LogP contribution in [0, 0.1) is 13.8 Å². The summed E-state index contributed by atoms with van der Waals surface area (Å²) in [5, 5.41) is 16.2. The fourth-order valence-electron chi connectivity index (χ4n) is 2.59. The second kappa shape index (κ2) is 7.09. The number of hydrogen-bond donors (Lipinski definition) is 2. The first-order valence-electron chi connectivity index (χ1n) is 7.55. The molecule has 0 radical (unpaired) electrons. The Morgan fingerprint density at radius 3 is 2.61 bits per heavy atom. The van der Waals surface area contributed by atoms with Crippen LogP contribution in [0.4, 0.5) is 0 Å². The highest BCUT2D eigenvalue weighted by Crippen LogP contribution is 2.21. The Hall–Kier alpha value is -2.63. The second-order valence-electron chi connectivity index (χ2n) is 5.47. The van der Waals surface area contributed by atoms with Gasteiger partial charge in [-0.3, -0.25) is 14.3 Å². The smallest absolute Gasteiger partial charge is 0.305 e. The van der Waals surface area contributed by atoms with E-state index in [9.17, 15) is 9.59 Å². The average molecular weight is 315 g/mol. The molecule has 1 atom stereocenters. The van der Waals surface area contributed by atoms with Crippen molar-refractivity contribution in [2.75, 3.05) is 0 Å². The molecular weight excluding hydrogens is 294 g/mol. The second-order valence-corrected chi connectivity index (χ2v) is 5.47. The summed E-state index contributed by atoms with van der Waals surface area (Å²) in [6.45, 7) is 6.19. The van der Waals surface area contributed by atoms with Crippen molar-refractivity contribution >= 4 is 11.9 Å². The minimum atomic E-state index is -0.960. The van der Waals surface area contributed by atoms with Gasteiger partial charge in [-0.05, 0) is 38.0 Å². The molecule has 2 rings (SSSR count). The van der Waals surface area contributed by atoms with Gasteiger partial charge in [-0.15, -0.1) is 0 Å². The number of benzene rings is 1. The standard InChI is InChI=1S/C17H21N3O3/c1-4-20-15(9-12(3)19-20)17(23)18-14(10-16(21)22)13-8-6-5-7-11(13)2/h5-9,14H,4,10H2,1-3H3,(H,18,23)(H,21,22)/t14-/m0/s1. The number of nitrogens with zero attached hydrogens (tertiary/aromatic N) is 2. The number of carbonyl (C=O) groups is 2. The molecule has 0 aliphatic rings. The van der Waals surface area contributed by atoms with Crippen molar-refractivity contribution in [1.29, 1.82) is 0 Å². The van der Waals surface area contributed by atoms with Crippen molar-refractivity contribution in [1.82, 2.24) is 15.1 Å². The molecule has 122 valence electrons. The number of rotatable bonds is 6. The Bertz CT molecular complexity index is 722. The van der Waals surface area contributed by atoms with Crippen molar-refractivity contribution in [3.8, 4) is 0 Å². The third-order valence-electron chi connectivity index (χ3n) is 3.68. The Balaban J connectivity index is 2.29. The van der Waals surface area contributed by atoms with Crippen molar-refractivity contribution in [3.05, 3.63) is 52.8 Å². The number of hydrogen-bond acceptors (Lipinski definition) is 3. The molecule has 0 saturated heterocycles. The Kier molecular flexibility index (Phi) is 5.16. The van der Waals surface area contributed by atoms with Crippen molar-refractivity contribution < 1.29 is 14.7 Å². The van der Waals surface area contributed by atoms with Gasteiger partial charge in [0, 0.05) is 6.54 Å². The molecule has 6 heteroatoms. The van der Waals surface area contributed by atoms with Crippen molar-refractivity contribution in [2.45, 2.75) is 39.8 Å². The predicted molar refractivity (Wildman–Crippen MR) is 86.3 cm³/mol. The van der Waals surface area contributed by atoms with Gasteiger partial charge in [0.05, 0.1) is 18.2 Å². The maximum absolute atomic E-state index is 12.5. The molecule has 0 fully saturated rings. The third-order valence-corrected chi connectivity index (χ3v) is 3.68. The van der Waals surface area contributed by atoms with E-state index in [1.165, 1.54) is 0 Å². The fourth-order valence-corrected chi connectivity index (χ4v) is 2.59. The highest BCUT2D eigenvalue weighted by Gasteiger charge is 2.22. The summed E-state index contributed by atoms with van der Waals surface area (Å²) in [6, 6.07) is 8.58. The first-order valence-corrected chi connectivity index (χ1v) is 7.55. The Morgan fingerprint density at radius 2 is 2.00 bits per heavy atom. The van der Waals surface area contributed by atoms with Gasteiger partial charge in [-0.1, -0.05) is 24.3 Å². The lowest BCUT2D eigenvalue weighted by Crippen LogP contribution is -2.32. The van der Waals surface area contributed by atoms with E-state index >= 15 is 0 Å². The monoisotopic (exact) mass is 315 g/mol. The lowest BCUT2D eigenvalue weighted by molar-refractivity contribution is -0.137. The largest absolute Gasteiger partial charge is 0.481 e. The molecule has 1 aromatic carbocycles. The molecule has 2 N–H and O–H groups in total. The quantitative estimate of drug-likeness (QED) is 0.857. The molecule has 0 spiro atoms. The van der Waals surface area contributed by atoms with Crippen LogP contribution in [0.25, 0.3) is 0 Å². The minimum absolute atomic E-state index is 0.171. The number of carbonyl (C=O) groups excluding carboxylic acids is 1. The zero-order chi connectivity index (χ0) is 17.0. The summed E-state index contributed by atoms with van der Waals surface area (Å²) >= 11 is 0. The molecule has 6 nitrogen and oxygen atoms in total. The number of carboxylic acids is 1. The number of aliphatic carboxylic acids is 1. The zero-order valence-electron chi connectivity index (χ0n) is 13.5. The van der Waals surface area contributed by atoms with E-state index in [1.807, 2.05) is 45.0 Å². The third kappa shape index (κ3) is 3.97. The lowest BCUT2D eigenvalue weighted by Gasteiger charge is -2.19. The van der Waals surface area contributed by atoms with E-state index in [0.717, 1.165) is 16.8 Å². The summed E-state index contributed by atoms with van der Waals surface area (Å²) in [5.41, 5.74) is 2.94. The van der Waals surface area contributed by atoms with Crippen LogP contribution in [-0.4, -0.2) is 26.8 Å². The maximum Gasteiger partial charge on any atom is 0.305 e. The van der Waals surface area contributed by atoms with E-state index in [2.05, 4.69) is 10.4 Å². The lowest BCUT2D eigenvalue weighted by atomic mass is 9.98. The number of aryl methyl sites for hydroxylation is 3. The van der Waals surface area contributed by atoms with Gasteiger partial charge in [0.15, 0.2) is 0 Å². The van der Waals surface area contributed by atoms with Crippen LogP contribution in [-0.2, 0) is 11.3 Å². The van der Waals surface area contributed by atoms with Crippen LogP contribution in [0.5, 0.6) is 0 Å². The summed E-state index contributed by atoms with van der Waals surface area (Å²) < 4.78 is 1.61. The molecule has 0 saturated carbocycles. The first kappa shape index (κ1) is 16.7. The Morgan fingerprint density at radius 1 is 1.30 bits per heavy atom. The van der Waals surface area contributed by atoms with Crippen LogP contribution in [0.3, 0.4) is 0 Å². The molecule has 0 unspecified atom stereocenters. The van der Waals surface area contributed by atoms with Crippen LogP contribution in [0.1, 0.15) is 46.7 Å². The van der Waals surface area contributed by atoms with E-state index in [4.69, 9.17) is 5.11 Å². The molecular formula is C17H21N3O3. The summed E-state index contributed by atoms with van der Waals surface area (Å²) in [6.07, 6.45) is -0.171. The summed E-state index contributed by atoms with van der Waals surface area (Å²) in [5.74, 6) is -1.28. The average Bonchev–Trinajstić information content (AvgIpc) is 2.88. The molecule has 0 bridgehead atoms. The Labute approximate surface area is 135 Å².